The minimum absolute atomic E-state index is 0.000419. The molecule has 0 bridgehead atoms. The van der Waals surface area contributed by atoms with E-state index in [-0.39, 0.29) is 17.0 Å². The van der Waals surface area contributed by atoms with Crippen LogP contribution in [0.5, 0.6) is 0 Å². The standard InChI is InChI=1S/C16H12Cl2N2O5/c17-11-4-1-9(2-5-11)13(8-15(21)22)19-16(23)10-3-6-12(18)14(7-10)20(24)25/h1-7,13H,8H2,(H,19,23)(H,21,22). The summed E-state index contributed by atoms with van der Waals surface area (Å²) < 4.78 is 0. The molecule has 2 rings (SSSR count). The van der Waals surface area contributed by atoms with Crippen LogP contribution in [0.4, 0.5) is 5.69 Å². The molecule has 0 saturated carbocycles. The highest BCUT2D eigenvalue weighted by Crippen LogP contribution is 2.26. The third kappa shape index (κ3) is 4.91. The third-order valence-corrected chi connectivity index (χ3v) is 3.93. The summed E-state index contributed by atoms with van der Waals surface area (Å²) in [4.78, 5) is 33.7. The van der Waals surface area contributed by atoms with Crippen LogP contribution in [-0.2, 0) is 4.79 Å². The van der Waals surface area contributed by atoms with Gasteiger partial charge in [-0.15, -0.1) is 0 Å². The lowest BCUT2D eigenvalue weighted by Gasteiger charge is -2.17. The summed E-state index contributed by atoms with van der Waals surface area (Å²) in [6.07, 6.45) is -0.358. The maximum Gasteiger partial charge on any atom is 0.305 e. The molecule has 2 N–H and O–H groups in total. The number of rotatable bonds is 6. The van der Waals surface area contributed by atoms with Crippen LogP contribution in [0.3, 0.4) is 0 Å². The van der Waals surface area contributed by atoms with Crippen LogP contribution in [-0.4, -0.2) is 21.9 Å². The highest BCUT2D eigenvalue weighted by atomic mass is 35.5. The largest absolute Gasteiger partial charge is 0.481 e. The first-order valence-electron chi connectivity index (χ1n) is 7.00. The van der Waals surface area contributed by atoms with Gasteiger partial charge in [0.15, 0.2) is 0 Å². The molecule has 9 heteroatoms. The molecule has 0 aromatic heterocycles. The lowest BCUT2D eigenvalue weighted by Crippen LogP contribution is -2.30. The van der Waals surface area contributed by atoms with Gasteiger partial charge >= 0.3 is 5.97 Å². The van der Waals surface area contributed by atoms with E-state index < -0.39 is 28.5 Å². The van der Waals surface area contributed by atoms with Crippen LogP contribution >= 0.6 is 23.2 Å². The molecule has 1 amide bonds. The zero-order valence-electron chi connectivity index (χ0n) is 12.6. The smallest absolute Gasteiger partial charge is 0.305 e. The van der Waals surface area contributed by atoms with Crippen LogP contribution in [0.15, 0.2) is 42.5 Å². The molecule has 130 valence electrons. The number of halogens is 2. The van der Waals surface area contributed by atoms with Gasteiger partial charge in [-0.1, -0.05) is 35.3 Å². The van der Waals surface area contributed by atoms with E-state index >= 15 is 0 Å². The number of nitro benzene ring substituents is 1. The quantitative estimate of drug-likeness (QED) is 0.582. The molecule has 1 atom stereocenters. The Morgan fingerprint density at radius 3 is 2.36 bits per heavy atom. The van der Waals surface area contributed by atoms with Crippen molar-refractivity contribution in [3.05, 3.63) is 73.8 Å². The zero-order chi connectivity index (χ0) is 18.6. The predicted octanol–water partition coefficient (Wildman–Crippen LogP) is 3.85. The monoisotopic (exact) mass is 382 g/mol. The molecule has 2 aromatic carbocycles. The number of aliphatic carboxylic acids is 1. The number of carbonyl (C=O) groups excluding carboxylic acids is 1. The Morgan fingerprint density at radius 2 is 1.80 bits per heavy atom. The van der Waals surface area contributed by atoms with Gasteiger partial charge in [-0.25, -0.2) is 0 Å². The van der Waals surface area contributed by atoms with E-state index in [1.807, 2.05) is 0 Å². The Labute approximate surface area is 152 Å². The molecule has 0 saturated heterocycles. The maximum absolute atomic E-state index is 12.4. The third-order valence-electron chi connectivity index (χ3n) is 3.36. The second-order valence-corrected chi connectivity index (χ2v) is 5.94. The molecule has 0 aliphatic rings. The van der Waals surface area contributed by atoms with Crippen LogP contribution in [0.25, 0.3) is 0 Å². The second-order valence-electron chi connectivity index (χ2n) is 5.10. The topological polar surface area (TPSA) is 110 Å². The zero-order valence-corrected chi connectivity index (χ0v) is 14.1. The number of nitrogens with zero attached hydrogens (tertiary/aromatic N) is 1. The molecule has 0 fully saturated rings. The van der Waals surface area contributed by atoms with Crippen molar-refractivity contribution < 1.29 is 19.6 Å². The Balaban J connectivity index is 2.27. The number of hydrogen-bond donors (Lipinski definition) is 2. The van der Waals surface area contributed by atoms with Crippen molar-refractivity contribution in [1.29, 1.82) is 0 Å². The van der Waals surface area contributed by atoms with E-state index in [4.69, 9.17) is 28.3 Å². The summed E-state index contributed by atoms with van der Waals surface area (Å²) in [6, 6.07) is 9.12. The summed E-state index contributed by atoms with van der Waals surface area (Å²) in [7, 11) is 0. The average molecular weight is 383 g/mol. The summed E-state index contributed by atoms with van der Waals surface area (Å²) in [5.41, 5.74) is 0.139. The summed E-state index contributed by atoms with van der Waals surface area (Å²) in [5, 5.41) is 22.9. The maximum atomic E-state index is 12.4. The molecular weight excluding hydrogens is 371 g/mol. The molecule has 0 heterocycles. The number of carboxylic acid groups (broad SMARTS) is 1. The van der Waals surface area contributed by atoms with Crippen LogP contribution in [0.1, 0.15) is 28.4 Å². The first-order valence-corrected chi connectivity index (χ1v) is 7.75. The molecule has 0 aliphatic carbocycles. The lowest BCUT2D eigenvalue weighted by molar-refractivity contribution is -0.384. The Morgan fingerprint density at radius 1 is 1.16 bits per heavy atom. The van der Waals surface area contributed by atoms with Crippen molar-refractivity contribution in [3.8, 4) is 0 Å². The lowest BCUT2D eigenvalue weighted by atomic mass is 10.0. The number of hydrogen-bond acceptors (Lipinski definition) is 4. The van der Waals surface area contributed by atoms with Gasteiger partial charge in [0.05, 0.1) is 17.4 Å². The van der Waals surface area contributed by atoms with Crippen molar-refractivity contribution >= 4 is 40.8 Å². The Bertz CT molecular complexity index is 824. The van der Waals surface area contributed by atoms with Crippen LogP contribution < -0.4 is 5.32 Å². The van der Waals surface area contributed by atoms with E-state index in [2.05, 4.69) is 5.32 Å². The molecular formula is C16H12Cl2N2O5. The van der Waals surface area contributed by atoms with Gasteiger partial charge in [-0.3, -0.25) is 19.7 Å². The fourth-order valence-electron chi connectivity index (χ4n) is 2.16. The van der Waals surface area contributed by atoms with E-state index in [1.165, 1.54) is 12.1 Å². The first kappa shape index (κ1) is 18.7. The second kappa shape index (κ2) is 7.96. The molecule has 2 aromatic rings. The normalized spacial score (nSPS) is 11.6. The minimum Gasteiger partial charge on any atom is -0.481 e. The van der Waals surface area contributed by atoms with Gasteiger partial charge in [-0.05, 0) is 29.8 Å². The molecule has 25 heavy (non-hydrogen) atoms. The number of carboxylic acids is 1. The highest BCUT2D eigenvalue weighted by molar-refractivity contribution is 6.32. The van der Waals surface area contributed by atoms with Crippen molar-refractivity contribution in [2.24, 2.45) is 0 Å². The molecule has 0 spiro atoms. The van der Waals surface area contributed by atoms with Crippen molar-refractivity contribution in [2.45, 2.75) is 12.5 Å². The van der Waals surface area contributed by atoms with Crippen molar-refractivity contribution in [3.63, 3.8) is 0 Å². The van der Waals surface area contributed by atoms with Crippen LogP contribution in [0, 0.1) is 10.1 Å². The predicted molar refractivity (Wildman–Crippen MR) is 92.0 cm³/mol. The van der Waals surface area contributed by atoms with Crippen LogP contribution in [0.2, 0.25) is 10.0 Å². The number of nitro groups is 1. The van der Waals surface area contributed by atoms with Crippen molar-refractivity contribution in [2.75, 3.05) is 0 Å². The fraction of sp³-hybridized carbons (Fsp3) is 0.125. The number of benzene rings is 2. The van der Waals surface area contributed by atoms with Gasteiger partial charge in [-0.2, -0.15) is 0 Å². The Hall–Kier alpha value is -2.64. The fourth-order valence-corrected chi connectivity index (χ4v) is 2.47. The number of carbonyl (C=O) groups is 2. The minimum atomic E-state index is -1.11. The van der Waals surface area contributed by atoms with Gasteiger partial charge in [0.25, 0.3) is 11.6 Å². The summed E-state index contributed by atoms with van der Waals surface area (Å²) in [6.45, 7) is 0. The van der Waals surface area contributed by atoms with E-state index in [9.17, 15) is 19.7 Å². The average Bonchev–Trinajstić information content (AvgIpc) is 2.54. The SMILES string of the molecule is O=C(O)CC(NC(=O)c1ccc(Cl)c([N+](=O)[O-])c1)c1ccc(Cl)cc1. The number of amides is 1. The Kier molecular flexibility index (Phi) is 5.95. The highest BCUT2D eigenvalue weighted by Gasteiger charge is 2.21. The number of nitrogens with one attached hydrogen (secondary N) is 1. The van der Waals surface area contributed by atoms with E-state index in [0.29, 0.717) is 10.6 Å². The van der Waals surface area contributed by atoms with E-state index in [0.717, 1.165) is 6.07 Å². The van der Waals surface area contributed by atoms with Gasteiger partial charge < -0.3 is 10.4 Å². The molecule has 1 unspecified atom stereocenters. The summed E-state index contributed by atoms with van der Waals surface area (Å²) in [5.74, 6) is -1.76. The molecule has 7 nitrogen and oxygen atoms in total. The molecule has 0 radical (unpaired) electrons. The van der Waals surface area contributed by atoms with Gasteiger partial charge in [0.2, 0.25) is 0 Å². The van der Waals surface area contributed by atoms with E-state index in [1.54, 1.807) is 24.3 Å². The first-order chi connectivity index (χ1) is 11.8. The van der Waals surface area contributed by atoms with Crippen molar-refractivity contribution in [1.82, 2.24) is 5.32 Å². The summed E-state index contributed by atoms with van der Waals surface area (Å²) >= 11 is 11.5. The molecule has 0 aliphatic heterocycles. The van der Waals surface area contributed by atoms with Gasteiger partial charge in [0, 0.05) is 16.7 Å². The van der Waals surface area contributed by atoms with Gasteiger partial charge in [0.1, 0.15) is 5.02 Å².